The van der Waals surface area contributed by atoms with Gasteiger partial charge in [0.2, 0.25) is 0 Å². The van der Waals surface area contributed by atoms with E-state index in [1.165, 1.54) is 9.75 Å². The number of rotatable bonds is 2. The number of aryl methyl sites for hydroxylation is 1. The quantitative estimate of drug-likeness (QED) is 0.548. The molecule has 0 aliphatic carbocycles. The predicted octanol–water partition coefficient (Wildman–Crippen LogP) is 0.709. The normalized spacial score (nSPS) is 17.1. The predicted molar refractivity (Wildman–Crippen MR) is 80.0 cm³/mol. The van der Waals surface area contributed by atoms with Crippen LogP contribution in [-0.4, -0.2) is 64.0 Å². The first kappa shape index (κ1) is 17.3. The van der Waals surface area contributed by atoms with Crippen LogP contribution in [0.15, 0.2) is 17.2 Å². The maximum Gasteiger partial charge on any atom is 0.466 e. The van der Waals surface area contributed by atoms with Crippen LogP contribution in [0.5, 0.6) is 0 Å². The summed E-state index contributed by atoms with van der Waals surface area (Å²) in [7, 11) is -2.48. The molecule has 1 aliphatic heterocycles. The van der Waals surface area contributed by atoms with E-state index in [-0.39, 0.29) is 0 Å². The van der Waals surface area contributed by atoms with Crippen LogP contribution >= 0.6 is 19.2 Å². The first-order chi connectivity index (χ1) is 9.24. The molecule has 1 aromatic rings. The van der Waals surface area contributed by atoms with Crippen LogP contribution in [0, 0.1) is 6.92 Å². The van der Waals surface area contributed by atoms with Crippen molar-refractivity contribution in [2.75, 3.05) is 33.2 Å². The highest BCUT2D eigenvalue weighted by Crippen LogP contribution is 2.25. The van der Waals surface area contributed by atoms with Gasteiger partial charge in [0.15, 0.2) is 0 Å². The van der Waals surface area contributed by atoms with Crippen molar-refractivity contribution < 1.29 is 19.2 Å². The fourth-order valence-electron chi connectivity index (χ4n) is 1.57. The fraction of sp³-hybridized carbons (Fsp3) is 0.545. The molecule has 1 fully saturated rings. The number of thiophene rings is 1. The van der Waals surface area contributed by atoms with Crippen molar-refractivity contribution >= 4 is 25.4 Å². The minimum Gasteiger partial charge on any atom is -0.303 e. The summed E-state index contributed by atoms with van der Waals surface area (Å²) in [6, 6.07) is 4.26. The number of nitrogens with zero attached hydrogens (tertiary/aromatic N) is 3. The Morgan fingerprint density at radius 2 is 1.80 bits per heavy atom. The van der Waals surface area contributed by atoms with E-state index in [4.69, 9.17) is 19.2 Å². The van der Waals surface area contributed by atoms with E-state index in [0.29, 0.717) is 0 Å². The third-order valence-corrected chi connectivity index (χ3v) is 3.52. The molecule has 2 heterocycles. The topological polar surface area (TPSA) is 96.6 Å². The molecule has 9 heteroatoms. The number of hydrogen-bond acceptors (Lipinski definition) is 5. The van der Waals surface area contributed by atoms with E-state index in [2.05, 4.69) is 41.1 Å². The lowest BCUT2D eigenvalue weighted by Crippen LogP contribution is -2.41. The summed E-state index contributed by atoms with van der Waals surface area (Å²) in [6.45, 7) is 6.42. The highest BCUT2D eigenvalue weighted by atomic mass is 32.1. The van der Waals surface area contributed by atoms with Crippen molar-refractivity contribution in [3.05, 3.63) is 21.9 Å². The van der Waals surface area contributed by atoms with Crippen LogP contribution in [0.1, 0.15) is 9.75 Å². The first-order valence-corrected chi connectivity index (χ1v) is 8.44. The molecule has 7 nitrogen and oxygen atoms in total. The smallest absolute Gasteiger partial charge is 0.303 e. The molecule has 0 amide bonds. The van der Waals surface area contributed by atoms with Gasteiger partial charge in [-0.15, -0.1) is 11.3 Å². The van der Waals surface area contributed by atoms with Crippen molar-refractivity contribution in [1.29, 1.82) is 0 Å². The molecule has 0 aromatic carbocycles. The molecule has 0 bridgehead atoms. The molecule has 1 saturated heterocycles. The maximum absolute atomic E-state index is 8.88. The average molecular weight is 321 g/mol. The molecule has 0 saturated carbocycles. The molecule has 20 heavy (non-hydrogen) atoms. The van der Waals surface area contributed by atoms with E-state index in [9.17, 15) is 0 Å². The minimum atomic E-state index is -4.64. The Kier molecular flexibility index (Phi) is 6.81. The lowest BCUT2D eigenvalue weighted by molar-refractivity contribution is 0.159. The zero-order valence-electron chi connectivity index (χ0n) is 11.5. The van der Waals surface area contributed by atoms with Gasteiger partial charge in [-0.25, -0.2) is 4.57 Å². The van der Waals surface area contributed by atoms with Gasteiger partial charge in [-0.1, -0.05) is 0 Å². The van der Waals surface area contributed by atoms with Crippen LogP contribution in [0.3, 0.4) is 0 Å². The van der Waals surface area contributed by atoms with Gasteiger partial charge in [-0.05, 0) is 26.1 Å². The number of phosphoric acid groups is 1. The van der Waals surface area contributed by atoms with Crippen LogP contribution < -0.4 is 0 Å². The lowest BCUT2D eigenvalue weighted by Gasteiger charge is -2.30. The molecule has 2 rings (SSSR count). The number of piperazine rings is 1. The number of hydrazone groups is 1. The monoisotopic (exact) mass is 321 g/mol. The number of hydrogen-bond donors (Lipinski definition) is 3. The first-order valence-electron chi connectivity index (χ1n) is 6.06. The molecular formula is C11H20N3O4PS. The summed E-state index contributed by atoms with van der Waals surface area (Å²) < 4.78 is 8.88. The Labute approximate surface area is 122 Å². The highest BCUT2D eigenvalue weighted by Gasteiger charge is 2.10. The molecule has 3 N–H and O–H groups in total. The summed E-state index contributed by atoms with van der Waals surface area (Å²) in [6.07, 6.45) is 1.98. The Hall–Kier alpha value is -0.760. The molecule has 1 aliphatic rings. The SMILES string of the molecule is Cc1ccc(C=NN2CCN(C)CC2)s1.O=P(O)(O)O. The molecule has 1 aromatic heterocycles. The van der Waals surface area contributed by atoms with E-state index in [0.717, 1.165) is 26.2 Å². The molecule has 0 radical (unpaired) electrons. The third-order valence-electron chi connectivity index (χ3n) is 2.59. The Balaban J connectivity index is 0.000000347. The van der Waals surface area contributed by atoms with Crippen LogP contribution in [-0.2, 0) is 4.57 Å². The Bertz CT molecular complexity index is 472. The summed E-state index contributed by atoms with van der Waals surface area (Å²) in [4.78, 5) is 26.5. The van der Waals surface area contributed by atoms with Crippen molar-refractivity contribution in [2.24, 2.45) is 5.10 Å². The fourth-order valence-corrected chi connectivity index (χ4v) is 2.32. The van der Waals surface area contributed by atoms with Gasteiger partial charge in [-0.3, -0.25) is 5.01 Å². The Morgan fingerprint density at radius 1 is 1.25 bits per heavy atom. The molecule has 0 atom stereocenters. The van der Waals surface area contributed by atoms with E-state index >= 15 is 0 Å². The van der Waals surface area contributed by atoms with Gasteiger partial charge in [0.1, 0.15) is 0 Å². The summed E-state index contributed by atoms with van der Waals surface area (Å²) in [5.41, 5.74) is 0. The maximum atomic E-state index is 8.88. The van der Waals surface area contributed by atoms with Crippen LogP contribution in [0.4, 0.5) is 0 Å². The van der Waals surface area contributed by atoms with Gasteiger partial charge in [-0.2, -0.15) is 5.10 Å². The van der Waals surface area contributed by atoms with E-state index in [1.54, 1.807) is 11.3 Å². The second-order valence-corrected chi connectivity index (χ2v) is 6.81. The zero-order chi connectivity index (χ0) is 15.2. The van der Waals surface area contributed by atoms with E-state index < -0.39 is 7.82 Å². The van der Waals surface area contributed by atoms with Gasteiger partial charge in [0.25, 0.3) is 0 Å². The van der Waals surface area contributed by atoms with Crippen molar-refractivity contribution in [2.45, 2.75) is 6.92 Å². The molecule has 0 unspecified atom stereocenters. The van der Waals surface area contributed by atoms with Crippen LogP contribution in [0.25, 0.3) is 0 Å². The molecular weight excluding hydrogens is 301 g/mol. The van der Waals surface area contributed by atoms with E-state index in [1.807, 2.05) is 6.21 Å². The number of likely N-dealkylation sites (N-methyl/N-ethyl adjacent to an activating group) is 1. The van der Waals surface area contributed by atoms with Gasteiger partial charge >= 0.3 is 7.82 Å². The lowest BCUT2D eigenvalue weighted by atomic mass is 10.4. The van der Waals surface area contributed by atoms with Crippen LogP contribution in [0.2, 0.25) is 0 Å². The second-order valence-electron chi connectivity index (χ2n) is 4.46. The average Bonchev–Trinajstić information content (AvgIpc) is 2.72. The van der Waals surface area contributed by atoms with Gasteiger partial charge in [0, 0.05) is 35.9 Å². The zero-order valence-corrected chi connectivity index (χ0v) is 13.2. The van der Waals surface area contributed by atoms with Gasteiger partial charge < -0.3 is 19.6 Å². The largest absolute Gasteiger partial charge is 0.466 e. The van der Waals surface area contributed by atoms with Gasteiger partial charge in [0.05, 0.1) is 6.21 Å². The highest BCUT2D eigenvalue weighted by molar-refractivity contribution is 7.45. The molecule has 0 spiro atoms. The van der Waals surface area contributed by atoms with Crippen molar-refractivity contribution in [1.82, 2.24) is 9.91 Å². The summed E-state index contributed by atoms with van der Waals surface area (Å²) >= 11 is 1.79. The standard InChI is InChI=1S/C11H17N3S.H3O4P/c1-10-3-4-11(15-10)9-12-14-7-5-13(2)6-8-14;1-5(2,3)4/h3-4,9H,5-8H2,1-2H3;(H3,1,2,3,4). The minimum absolute atomic E-state index is 1.04. The second kappa shape index (κ2) is 7.87. The molecule has 114 valence electrons. The summed E-state index contributed by atoms with van der Waals surface area (Å²) in [5, 5.41) is 6.64. The summed E-state index contributed by atoms with van der Waals surface area (Å²) in [5.74, 6) is 0. The van der Waals surface area contributed by atoms with Crippen molar-refractivity contribution in [3.63, 3.8) is 0 Å². The van der Waals surface area contributed by atoms with Crippen molar-refractivity contribution in [3.8, 4) is 0 Å². The third kappa shape index (κ3) is 8.42. The Morgan fingerprint density at radius 3 is 2.25 bits per heavy atom.